The Morgan fingerprint density at radius 2 is 2.15 bits per heavy atom. The van der Waals surface area contributed by atoms with Gasteiger partial charge in [-0.15, -0.1) is 11.3 Å². The van der Waals surface area contributed by atoms with Crippen LogP contribution in [0.2, 0.25) is 0 Å². The van der Waals surface area contributed by atoms with Crippen LogP contribution in [0.1, 0.15) is 10.4 Å². The van der Waals surface area contributed by atoms with Crippen LogP contribution in [0.15, 0.2) is 41.9 Å². The maximum atomic E-state index is 11.8. The average Bonchev–Trinajstić information content (AvgIpc) is 2.98. The molecule has 0 aliphatic carbocycles. The number of phenolic OH excluding ortho intramolecular Hbond substituents is 1. The number of hydrogen-bond donors (Lipinski definition) is 1. The highest BCUT2D eigenvalue weighted by Crippen LogP contribution is 2.33. The number of fused-ring (bicyclic) bond motifs is 1. The Morgan fingerprint density at radius 1 is 1.30 bits per heavy atom. The van der Waals surface area contributed by atoms with Crippen molar-refractivity contribution in [1.82, 2.24) is 4.98 Å². The van der Waals surface area contributed by atoms with Gasteiger partial charge in [-0.05, 0) is 41.1 Å². The molecule has 0 aliphatic heterocycles. The smallest absolute Gasteiger partial charge is 0.337 e. The van der Waals surface area contributed by atoms with Crippen molar-refractivity contribution in [1.29, 1.82) is 0 Å². The molecule has 0 fully saturated rings. The van der Waals surface area contributed by atoms with Gasteiger partial charge in [0.05, 0.1) is 12.7 Å². The molecule has 1 heterocycles. The maximum Gasteiger partial charge on any atom is 0.337 e. The minimum atomic E-state index is -0.409. The number of rotatable bonds is 2. The first-order valence-corrected chi connectivity index (χ1v) is 6.82. The number of aromatic hydroxyl groups is 1. The van der Waals surface area contributed by atoms with Crippen molar-refractivity contribution >= 4 is 28.1 Å². The van der Waals surface area contributed by atoms with Crippen molar-refractivity contribution in [2.45, 2.75) is 0 Å². The summed E-state index contributed by atoms with van der Waals surface area (Å²) in [5, 5.41) is 14.0. The summed E-state index contributed by atoms with van der Waals surface area (Å²) >= 11 is 1.50. The number of hydrogen-bond acceptors (Lipinski definition) is 5. The van der Waals surface area contributed by atoms with Gasteiger partial charge in [0.25, 0.3) is 0 Å². The van der Waals surface area contributed by atoms with Crippen molar-refractivity contribution in [3.8, 4) is 16.3 Å². The van der Waals surface area contributed by atoms with Crippen molar-refractivity contribution in [2.75, 3.05) is 7.11 Å². The zero-order chi connectivity index (χ0) is 14.1. The van der Waals surface area contributed by atoms with Crippen LogP contribution in [0.3, 0.4) is 0 Å². The lowest BCUT2D eigenvalue weighted by molar-refractivity contribution is 0.0601. The molecular weight excluding hydrogens is 274 g/mol. The molecule has 1 aromatic heterocycles. The summed E-state index contributed by atoms with van der Waals surface area (Å²) in [4.78, 5) is 16.1. The summed E-state index contributed by atoms with van der Waals surface area (Å²) in [6.45, 7) is 0. The van der Waals surface area contributed by atoms with E-state index in [1.165, 1.54) is 18.4 Å². The van der Waals surface area contributed by atoms with Crippen LogP contribution >= 0.6 is 11.3 Å². The van der Waals surface area contributed by atoms with Crippen molar-refractivity contribution < 1.29 is 14.6 Å². The van der Waals surface area contributed by atoms with Gasteiger partial charge in [0.1, 0.15) is 10.8 Å². The van der Waals surface area contributed by atoms with Crippen molar-refractivity contribution in [2.24, 2.45) is 0 Å². The Bertz CT molecular complexity index is 781. The zero-order valence-electron chi connectivity index (χ0n) is 10.7. The summed E-state index contributed by atoms with van der Waals surface area (Å²) in [5.74, 6) is -0.252. The molecule has 3 rings (SSSR count). The van der Waals surface area contributed by atoms with Gasteiger partial charge in [-0.1, -0.05) is 0 Å². The third kappa shape index (κ3) is 2.12. The monoisotopic (exact) mass is 285 g/mol. The Kier molecular flexibility index (Phi) is 3.12. The van der Waals surface area contributed by atoms with Gasteiger partial charge in [-0.25, -0.2) is 9.78 Å². The first-order chi connectivity index (χ1) is 9.69. The fourth-order valence-corrected chi connectivity index (χ4v) is 2.79. The summed E-state index contributed by atoms with van der Waals surface area (Å²) < 4.78 is 4.77. The van der Waals surface area contributed by atoms with Crippen LogP contribution < -0.4 is 0 Å². The average molecular weight is 285 g/mol. The van der Waals surface area contributed by atoms with E-state index in [9.17, 15) is 9.90 Å². The topological polar surface area (TPSA) is 59.4 Å². The highest BCUT2D eigenvalue weighted by atomic mass is 32.1. The number of nitrogens with zero attached hydrogens (tertiary/aromatic N) is 1. The van der Waals surface area contributed by atoms with Crippen LogP contribution in [0.25, 0.3) is 21.3 Å². The second-order valence-corrected chi connectivity index (χ2v) is 5.15. The van der Waals surface area contributed by atoms with Gasteiger partial charge in [-0.3, -0.25) is 0 Å². The minimum Gasteiger partial charge on any atom is -0.508 e. The minimum absolute atomic E-state index is 0.157. The lowest BCUT2D eigenvalue weighted by Gasteiger charge is -2.08. The molecule has 0 saturated carbocycles. The number of benzene rings is 2. The predicted octanol–water partition coefficient (Wildman–Crippen LogP) is 3.46. The van der Waals surface area contributed by atoms with Crippen LogP contribution in [-0.2, 0) is 4.74 Å². The zero-order valence-corrected chi connectivity index (χ0v) is 11.5. The lowest BCUT2D eigenvalue weighted by atomic mass is 10.0. The number of methoxy groups -OCH3 is 1. The van der Waals surface area contributed by atoms with E-state index in [0.717, 1.165) is 21.3 Å². The van der Waals surface area contributed by atoms with Crippen molar-refractivity contribution in [3.05, 3.63) is 47.5 Å². The molecule has 0 aliphatic rings. The summed E-state index contributed by atoms with van der Waals surface area (Å²) in [6.07, 6.45) is 1.72. The molecule has 5 heteroatoms. The van der Waals surface area contributed by atoms with Gasteiger partial charge < -0.3 is 9.84 Å². The lowest BCUT2D eigenvalue weighted by Crippen LogP contribution is -2.01. The molecule has 3 aromatic rings. The molecule has 0 atom stereocenters. The molecule has 0 saturated heterocycles. The summed E-state index contributed by atoms with van der Waals surface area (Å²) in [7, 11) is 1.35. The van der Waals surface area contributed by atoms with Crippen LogP contribution in [0, 0.1) is 0 Å². The molecule has 100 valence electrons. The van der Waals surface area contributed by atoms with Gasteiger partial charge in [0.15, 0.2) is 0 Å². The van der Waals surface area contributed by atoms with E-state index in [1.807, 2.05) is 11.4 Å². The first-order valence-electron chi connectivity index (χ1n) is 5.94. The number of aromatic nitrogens is 1. The first kappa shape index (κ1) is 12.6. The van der Waals surface area contributed by atoms with Crippen LogP contribution in [0.4, 0.5) is 0 Å². The van der Waals surface area contributed by atoms with Crippen LogP contribution in [-0.4, -0.2) is 23.2 Å². The van der Waals surface area contributed by atoms with E-state index in [1.54, 1.807) is 30.5 Å². The number of phenols is 1. The third-order valence-electron chi connectivity index (χ3n) is 3.02. The van der Waals surface area contributed by atoms with Gasteiger partial charge >= 0.3 is 5.97 Å². The number of thiazole rings is 1. The normalized spacial score (nSPS) is 10.7. The Hall–Kier alpha value is -2.40. The molecule has 20 heavy (non-hydrogen) atoms. The highest BCUT2D eigenvalue weighted by Gasteiger charge is 2.13. The van der Waals surface area contributed by atoms with E-state index >= 15 is 0 Å². The molecule has 0 spiro atoms. The second-order valence-electron chi connectivity index (χ2n) is 4.26. The predicted molar refractivity (Wildman–Crippen MR) is 78.1 cm³/mol. The van der Waals surface area contributed by atoms with Crippen LogP contribution in [0.5, 0.6) is 5.75 Å². The highest BCUT2D eigenvalue weighted by molar-refractivity contribution is 7.13. The number of carbonyl (C=O) groups is 1. The number of ether oxygens (including phenoxy) is 1. The third-order valence-corrected chi connectivity index (χ3v) is 3.83. The molecule has 0 unspecified atom stereocenters. The fraction of sp³-hybridized carbons (Fsp3) is 0.0667. The van der Waals surface area contributed by atoms with Gasteiger partial charge in [0, 0.05) is 17.1 Å². The second kappa shape index (κ2) is 4.94. The Labute approximate surface area is 119 Å². The fourth-order valence-electron chi connectivity index (χ4n) is 2.13. The SMILES string of the molecule is COC(=O)c1cc(-c2nccs2)c2ccc(O)cc2c1. The molecule has 1 N–H and O–H groups in total. The number of esters is 1. The quantitative estimate of drug-likeness (QED) is 0.733. The Morgan fingerprint density at radius 3 is 2.85 bits per heavy atom. The van der Waals surface area contributed by atoms with E-state index in [-0.39, 0.29) is 5.75 Å². The molecule has 4 nitrogen and oxygen atoms in total. The summed E-state index contributed by atoms with van der Waals surface area (Å²) in [5.41, 5.74) is 1.30. The van der Waals surface area contributed by atoms with Gasteiger partial charge in [0.2, 0.25) is 0 Å². The van der Waals surface area contributed by atoms with E-state index < -0.39 is 5.97 Å². The van der Waals surface area contributed by atoms with Crippen molar-refractivity contribution in [3.63, 3.8) is 0 Å². The number of carbonyl (C=O) groups excluding carboxylic acids is 1. The van der Waals surface area contributed by atoms with Gasteiger partial charge in [-0.2, -0.15) is 0 Å². The molecule has 2 aromatic carbocycles. The standard InChI is InChI=1S/C15H11NO3S/c1-19-15(18)10-6-9-7-11(17)2-3-12(9)13(8-10)14-16-4-5-20-14/h2-8,17H,1H3. The molecule has 0 bridgehead atoms. The maximum absolute atomic E-state index is 11.8. The van der Waals surface area contributed by atoms with E-state index in [4.69, 9.17) is 4.74 Å². The largest absolute Gasteiger partial charge is 0.508 e. The molecule has 0 amide bonds. The van der Waals surface area contributed by atoms with E-state index in [2.05, 4.69) is 4.98 Å². The molecule has 0 radical (unpaired) electrons. The van der Waals surface area contributed by atoms with E-state index in [0.29, 0.717) is 5.56 Å². The summed E-state index contributed by atoms with van der Waals surface area (Å²) in [6, 6.07) is 8.54. The molecular formula is C15H11NO3S. The Balaban J connectivity index is 2.33.